The molecule has 4 aromatic heterocycles. The van der Waals surface area contributed by atoms with E-state index in [4.69, 9.17) is 41.9 Å². The molecule has 0 spiro atoms. The van der Waals surface area contributed by atoms with E-state index >= 15 is 0 Å². The van der Waals surface area contributed by atoms with E-state index in [1.165, 1.54) is 46.7 Å². The number of nitro groups is 2. The van der Waals surface area contributed by atoms with Gasteiger partial charge >= 0.3 is 28.1 Å². The van der Waals surface area contributed by atoms with E-state index in [2.05, 4.69) is 46.8 Å². The third kappa shape index (κ3) is 23.7. The van der Waals surface area contributed by atoms with Gasteiger partial charge in [0.2, 0.25) is 0 Å². The van der Waals surface area contributed by atoms with E-state index < -0.39 is 30.3 Å². The van der Waals surface area contributed by atoms with Crippen LogP contribution in [0.3, 0.4) is 0 Å². The first-order valence-electron chi connectivity index (χ1n) is 12.9. The van der Waals surface area contributed by atoms with Crippen LogP contribution in [-0.2, 0) is 21.4 Å². The summed E-state index contributed by atoms with van der Waals surface area (Å²) in [5.74, 6) is 0.998. The van der Waals surface area contributed by atoms with E-state index in [-0.39, 0.29) is 28.2 Å². The van der Waals surface area contributed by atoms with Crippen molar-refractivity contribution in [2.24, 2.45) is 10.2 Å². The number of aromatic nitrogens is 6. The van der Waals surface area contributed by atoms with Gasteiger partial charge in [0.25, 0.3) is 11.4 Å². The van der Waals surface area contributed by atoms with Crippen molar-refractivity contribution >= 4 is 34.4 Å². The Hall–Kier alpha value is -5.29. The van der Waals surface area contributed by atoms with Gasteiger partial charge < -0.3 is 0 Å². The van der Waals surface area contributed by atoms with Gasteiger partial charge in [0.1, 0.15) is 35.4 Å². The molecule has 1 radical (unpaired) electrons. The summed E-state index contributed by atoms with van der Waals surface area (Å²) in [6.45, 7) is 8.10. The van der Waals surface area contributed by atoms with Crippen molar-refractivity contribution in [1.29, 1.82) is 0 Å². The summed E-state index contributed by atoms with van der Waals surface area (Å²) in [4.78, 5) is 44.3. The maximum Gasteiger partial charge on any atom is 2.00 e. The Bertz CT molecular complexity index is 1610. The summed E-state index contributed by atoms with van der Waals surface area (Å²) in [5.41, 5.74) is 2.53. The van der Waals surface area contributed by atoms with Crippen molar-refractivity contribution in [3.63, 3.8) is 0 Å². The van der Waals surface area contributed by atoms with Gasteiger partial charge in [-0.05, 0) is 26.0 Å². The van der Waals surface area contributed by atoms with Crippen LogP contribution >= 0.6 is 0 Å². The van der Waals surface area contributed by atoms with Crippen molar-refractivity contribution in [1.82, 2.24) is 29.9 Å². The van der Waals surface area contributed by atoms with Gasteiger partial charge in [-0.1, -0.05) is 0 Å². The van der Waals surface area contributed by atoms with Crippen LogP contribution in [-0.4, -0.2) is 65.3 Å². The number of hydrogen-bond donors (Lipinski definition) is 0. The number of nitrogens with zero attached hydrogens (tertiary/aromatic N) is 12. The molecule has 0 aliphatic carbocycles. The summed E-state index contributed by atoms with van der Waals surface area (Å²) < 4.78 is 75.4. The average molecular weight is 830 g/mol. The molecule has 0 fully saturated rings. The minimum atomic E-state index is -4.94. The molecule has 28 heteroatoms. The molecular weight excluding hydrogens is 806 g/mol. The van der Waals surface area contributed by atoms with Crippen LogP contribution in [0.4, 0.5) is 23.0 Å². The fourth-order valence-corrected chi connectivity index (χ4v) is 2.98. The third-order valence-corrected chi connectivity index (χ3v) is 5.02. The monoisotopic (exact) mass is 829 g/mol. The molecule has 53 heavy (non-hydrogen) atoms. The molecule has 0 bridgehead atoms. The minimum absolute atomic E-state index is 0. The van der Waals surface area contributed by atoms with Crippen LogP contribution in [0.25, 0.3) is 0 Å². The zero-order chi connectivity index (χ0) is 40.1. The van der Waals surface area contributed by atoms with Gasteiger partial charge in [-0.25, -0.2) is 47.2 Å². The van der Waals surface area contributed by atoms with Crippen LogP contribution in [0.15, 0.2) is 84.0 Å². The molecule has 4 aromatic rings. The summed E-state index contributed by atoms with van der Waals surface area (Å²) in [5, 5.41) is 32.8. The quantitative estimate of drug-likeness (QED) is 0.0524. The molecule has 4 heterocycles. The Balaban J connectivity index is 0. The molecule has 4 rings (SSSR count). The van der Waals surface area contributed by atoms with Crippen molar-refractivity contribution in [3.8, 4) is 0 Å². The molecule has 0 aliphatic heterocycles. The topological polar surface area (TPSA) is 399 Å². The van der Waals surface area contributed by atoms with Crippen LogP contribution < -0.4 is 47.3 Å². The van der Waals surface area contributed by atoms with Gasteiger partial charge in [-0.3, -0.25) is 50.2 Å². The van der Waals surface area contributed by atoms with Crippen LogP contribution in [0.1, 0.15) is 25.2 Å². The van der Waals surface area contributed by atoms with E-state index in [9.17, 15) is 20.2 Å². The Kier molecular flexibility index (Phi) is 23.3. The molecule has 285 valence electrons. The van der Waals surface area contributed by atoms with E-state index in [1.807, 2.05) is 0 Å². The molecule has 0 atom stereocenters. The SMILES string of the molecule is C/C(=N\N(C)c1ccc([N+](=O)[O-])cn1)c1cnccn1.C/C(=N\N(C)c1ccc([N+](=O)[O-])cn1)c1cnccn1.[C-]#[O+].[Co+2].[O-][Cl+3]([O-])([O-])[O-].[O-][Cl+3]([O-])([O-])[O-]. The Labute approximate surface area is 313 Å². The second-order valence-electron chi connectivity index (χ2n) is 8.62. The van der Waals surface area contributed by atoms with Gasteiger partial charge in [0.05, 0.1) is 33.7 Å². The summed E-state index contributed by atoms with van der Waals surface area (Å²) in [7, 11) is -6.48. The number of anilines is 2. The van der Waals surface area contributed by atoms with Crippen LogP contribution in [0, 0.1) is 47.4 Å². The first kappa shape index (κ1) is 49.8. The second-order valence-corrected chi connectivity index (χ2v) is 10.1. The van der Waals surface area contributed by atoms with Gasteiger partial charge in [-0.2, -0.15) is 10.2 Å². The van der Waals surface area contributed by atoms with Gasteiger partial charge in [0, 0.05) is 51.0 Å². The zero-order valence-corrected chi connectivity index (χ0v) is 29.7. The van der Waals surface area contributed by atoms with E-state index in [1.54, 1.807) is 65.1 Å². The maximum atomic E-state index is 10.6. The zero-order valence-electron chi connectivity index (χ0n) is 27.2. The molecule has 0 aliphatic rings. The van der Waals surface area contributed by atoms with Crippen molar-refractivity contribution in [2.75, 3.05) is 24.1 Å². The summed E-state index contributed by atoms with van der Waals surface area (Å²) in [6.07, 6.45) is 11.9. The molecule has 25 nitrogen and oxygen atoms in total. The standard InChI is InChI=1S/2C12H12N6O2.CO.2ClHO4.Co/c2*1-9(11-8-13-5-6-14-11)16-17(2)12-4-3-10(7-15-12)18(19)20;1-2;2*2-1(3,4)5;/h2*3-8H,1-2H3;;2*(H,2,3,4,5);/q;;;;;+2/p-2/b2*16-9+;;;;. The number of hydrazone groups is 2. The fraction of sp³-hybridized carbons (Fsp3) is 0.160. The number of pyridine rings is 2. The number of rotatable bonds is 8. The predicted molar refractivity (Wildman–Crippen MR) is 151 cm³/mol. The Morgan fingerprint density at radius 3 is 1.13 bits per heavy atom. The van der Waals surface area contributed by atoms with Gasteiger partial charge in [-0.15, -0.1) is 20.5 Å². The second kappa shape index (κ2) is 24.8. The molecule has 0 aromatic carbocycles. The number of hydrogen-bond acceptors (Lipinski definition) is 22. The normalized spacial score (nSPS) is 10.8. The van der Waals surface area contributed by atoms with Crippen LogP contribution in [0.5, 0.6) is 0 Å². The molecule has 0 N–H and O–H groups in total. The van der Waals surface area contributed by atoms with Crippen molar-refractivity contribution in [2.45, 2.75) is 13.8 Å². The van der Waals surface area contributed by atoms with Crippen molar-refractivity contribution in [3.05, 3.63) is 112 Å². The molecule has 0 unspecified atom stereocenters. The smallest absolute Gasteiger partial charge is 0.222 e. The number of halogens is 2. The molecule has 0 saturated heterocycles. The molecule has 0 saturated carbocycles. The first-order chi connectivity index (χ1) is 24.2. The predicted octanol–water partition coefficient (Wildman–Crippen LogP) is -6.27. The maximum absolute atomic E-state index is 10.6. The molecular formula is C25H24Cl2CoN12O13. The van der Waals surface area contributed by atoms with E-state index in [0.29, 0.717) is 34.4 Å². The molecule has 0 amide bonds. The van der Waals surface area contributed by atoms with Gasteiger partial charge in [0.15, 0.2) is 0 Å². The summed E-state index contributed by atoms with van der Waals surface area (Å²) >= 11 is 0. The Morgan fingerprint density at radius 1 is 0.623 bits per heavy atom. The minimum Gasteiger partial charge on any atom is -0.222 e. The third-order valence-electron chi connectivity index (χ3n) is 5.02. The first-order valence-corrected chi connectivity index (χ1v) is 15.4. The summed E-state index contributed by atoms with van der Waals surface area (Å²) in [6, 6.07) is 5.83. The Morgan fingerprint density at radius 2 is 0.925 bits per heavy atom. The van der Waals surface area contributed by atoms with E-state index in [0.717, 1.165) is 0 Å². The average Bonchev–Trinajstić information content (AvgIpc) is 3.08. The van der Waals surface area contributed by atoms with Crippen LogP contribution in [0.2, 0.25) is 0 Å². The van der Waals surface area contributed by atoms with Crippen molar-refractivity contribution < 1.29 is 89.0 Å². The fourth-order valence-electron chi connectivity index (χ4n) is 2.98. The largest absolute Gasteiger partial charge is 2.00 e.